The number of benzene rings is 1. The van der Waals surface area contributed by atoms with Gasteiger partial charge in [0.25, 0.3) is 11.8 Å². The number of fused-ring (bicyclic) bond motifs is 1. The topological polar surface area (TPSA) is 152 Å². The average molecular weight is 595 g/mol. The van der Waals surface area contributed by atoms with E-state index in [0.717, 1.165) is 4.90 Å². The summed E-state index contributed by atoms with van der Waals surface area (Å²) in [6.45, 7) is -0.185. The lowest BCUT2D eigenvalue weighted by Crippen LogP contribution is -2.46. The highest BCUT2D eigenvalue weighted by Gasteiger charge is 2.47. The molecule has 4 heterocycles. The first-order valence-corrected chi connectivity index (χ1v) is 12.7. The predicted octanol–water partition coefficient (Wildman–Crippen LogP) is 3.37. The highest BCUT2D eigenvalue weighted by molar-refractivity contribution is 7.13. The summed E-state index contributed by atoms with van der Waals surface area (Å²) in [5.74, 6) is 0.896. The SMILES string of the molecule is Nc1ccc(C#Cc2ccc3c(c2)C(=O)N(C(C(=O)N(OC(=O)C(F)(F)F)c2nccs2)c2ncccc2O)C3)cn1. The van der Waals surface area contributed by atoms with Crippen LogP contribution in [0.4, 0.5) is 24.1 Å². The summed E-state index contributed by atoms with van der Waals surface area (Å²) in [5, 5.41) is 11.5. The molecule has 0 spiro atoms. The van der Waals surface area contributed by atoms with Gasteiger partial charge in [-0.25, -0.2) is 14.8 Å². The van der Waals surface area contributed by atoms with Gasteiger partial charge >= 0.3 is 12.1 Å². The summed E-state index contributed by atoms with van der Waals surface area (Å²) < 4.78 is 39.3. The van der Waals surface area contributed by atoms with Crippen molar-refractivity contribution >= 4 is 40.1 Å². The largest absolute Gasteiger partial charge is 0.506 e. The molecule has 5 rings (SSSR count). The van der Waals surface area contributed by atoms with Crippen molar-refractivity contribution in [2.24, 2.45) is 0 Å². The van der Waals surface area contributed by atoms with E-state index in [1.807, 2.05) is 0 Å². The van der Waals surface area contributed by atoms with Crippen LogP contribution in [0.2, 0.25) is 0 Å². The van der Waals surface area contributed by atoms with Gasteiger partial charge in [-0.05, 0) is 42.0 Å². The van der Waals surface area contributed by atoms with Gasteiger partial charge < -0.3 is 20.6 Å². The molecule has 1 atom stereocenters. The van der Waals surface area contributed by atoms with Gasteiger partial charge in [0.05, 0.1) is 0 Å². The van der Waals surface area contributed by atoms with E-state index in [9.17, 15) is 32.7 Å². The summed E-state index contributed by atoms with van der Waals surface area (Å²) in [4.78, 5) is 56.4. The zero-order valence-corrected chi connectivity index (χ0v) is 21.9. The molecule has 0 saturated heterocycles. The molecule has 1 aliphatic heterocycles. The Balaban J connectivity index is 1.52. The second kappa shape index (κ2) is 11.2. The number of nitrogens with two attached hydrogens (primary N) is 1. The second-order valence-electron chi connectivity index (χ2n) is 8.66. The van der Waals surface area contributed by atoms with Gasteiger partial charge in [-0.3, -0.25) is 14.6 Å². The zero-order valence-electron chi connectivity index (χ0n) is 21.1. The normalized spacial score (nSPS) is 13.1. The number of halogens is 3. The number of anilines is 2. The lowest BCUT2D eigenvalue weighted by atomic mass is 10.1. The van der Waals surface area contributed by atoms with E-state index in [4.69, 9.17) is 5.73 Å². The number of hydrogen-bond donors (Lipinski definition) is 2. The van der Waals surface area contributed by atoms with Crippen molar-refractivity contribution in [1.82, 2.24) is 19.9 Å². The number of aromatic nitrogens is 3. The molecule has 1 aromatic carbocycles. The molecule has 1 unspecified atom stereocenters. The van der Waals surface area contributed by atoms with Crippen LogP contribution in [0.3, 0.4) is 0 Å². The summed E-state index contributed by atoms with van der Waals surface area (Å²) in [7, 11) is 0. The van der Waals surface area contributed by atoms with E-state index in [-0.39, 0.29) is 22.9 Å². The minimum absolute atomic E-state index is 0.0487. The zero-order chi connectivity index (χ0) is 30.0. The van der Waals surface area contributed by atoms with E-state index >= 15 is 0 Å². The molecule has 15 heteroatoms. The fraction of sp³-hybridized carbons (Fsp3) is 0.111. The molecular formula is C27H17F3N6O5S. The Hall–Kier alpha value is -5.49. The number of alkyl halides is 3. The molecule has 4 aromatic rings. The van der Waals surface area contributed by atoms with Gasteiger partial charge in [-0.1, -0.05) is 17.9 Å². The third kappa shape index (κ3) is 5.69. The predicted molar refractivity (Wildman–Crippen MR) is 141 cm³/mol. The molecule has 3 N–H and O–H groups in total. The van der Waals surface area contributed by atoms with Crippen LogP contribution in [0.5, 0.6) is 5.75 Å². The Bertz CT molecular complexity index is 1740. The molecule has 0 bridgehead atoms. The molecule has 1 aliphatic rings. The Morgan fingerprint density at radius 2 is 1.86 bits per heavy atom. The minimum Gasteiger partial charge on any atom is -0.506 e. The highest BCUT2D eigenvalue weighted by Crippen LogP contribution is 2.37. The summed E-state index contributed by atoms with van der Waals surface area (Å²) in [5.41, 5.74) is 6.89. The summed E-state index contributed by atoms with van der Waals surface area (Å²) >= 11 is 0.702. The van der Waals surface area contributed by atoms with E-state index in [2.05, 4.69) is 31.6 Å². The van der Waals surface area contributed by atoms with Crippen LogP contribution in [0, 0.1) is 11.8 Å². The Labute approximate surface area is 239 Å². The molecule has 212 valence electrons. The first-order chi connectivity index (χ1) is 20.0. The van der Waals surface area contributed by atoms with E-state index in [1.54, 1.807) is 24.3 Å². The fourth-order valence-corrected chi connectivity index (χ4v) is 4.58. The number of hydroxylamine groups is 1. The minimum atomic E-state index is -5.45. The first kappa shape index (κ1) is 28.1. The molecule has 0 radical (unpaired) electrons. The summed E-state index contributed by atoms with van der Waals surface area (Å²) in [6.07, 6.45) is -1.57. The number of carbonyl (C=O) groups excluding carboxylic acids is 3. The van der Waals surface area contributed by atoms with Gasteiger partial charge in [-0.15, -0.1) is 16.4 Å². The molecule has 11 nitrogen and oxygen atoms in total. The van der Waals surface area contributed by atoms with Crippen LogP contribution in [-0.4, -0.2) is 48.9 Å². The third-order valence-corrected chi connectivity index (χ3v) is 6.64. The van der Waals surface area contributed by atoms with E-state index in [0.29, 0.717) is 33.8 Å². The van der Waals surface area contributed by atoms with Crippen molar-refractivity contribution in [2.75, 3.05) is 10.8 Å². The monoisotopic (exact) mass is 594 g/mol. The Kier molecular flexibility index (Phi) is 7.47. The third-order valence-electron chi connectivity index (χ3n) is 5.90. The number of thiazole rings is 1. The Morgan fingerprint density at radius 3 is 2.52 bits per heavy atom. The lowest BCUT2D eigenvalue weighted by Gasteiger charge is -2.30. The van der Waals surface area contributed by atoms with Gasteiger partial charge in [-0.2, -0.15) is 13.2 Å². The van der Waals surface area contributed by atoms with Crippen LogP contribution in [-0.2, 0) is 21.0 Å². The van der Waals surface area contributed by atoms with Crippen LogP contribution in [0.1, 0.15) is 38.8 Å². The van der Waals surface area contributed by atoms with Crippen molar-refractivity contribution in [3.63, 3.8) is 0 Å². The van der Waals surface area contributed by atoms with E-state index < -0.39 is 40.9 Å². The number of pyridine rings is 2. The molecule has 0 fully saturated rings. The molecule has 3 aromatic heterocycles. The van der Waals surface area contributed by atoms with Gasteiger partial charge in [0.2, 0.25) is 5.13 Å². The highest BCUT2D eigenvalue weighted by atomic mass is 32.1. The number of amides is 2. The van der Waals surface area contributed by atoms with Crippen LogP contribution < -0.4 is 10.8 Å². The smallest absolute Gasteiger partial charge is 0.493 e. The summed E-state index contributed by atoms with van der Waals surface area (Å²) in [6, 6.07) is 8.74. The van der Waals surface area contributed by atoms with Crippen molar-refractivity contribution in [1.29, 1.82) is 0 Å². The first-order valence-electron chi connectivity index (χ1n) is 11.9. The number of aromatic hydroxyl groups is 1. The number of rotatable bonds is 4. The van der Waals surface area contributed by atoms with Crippen LogP contribution >= 0.6 is 11.3 Å². The molecule has 0 saturated carbocycles. The molecule has 2 amide bonds. The van der Waals surface area contributed by atoms with Gasteiger partial charge in [0, 0.05) is 47.2 Å². The number of nitrogens with zero attached hydrogens (tertiary/aromatic N) is 5. The maximum Gasteiger partial charge on any atom is 0.493 e. The Morgan fingerprint density at radius 1 is 1.10 bits per heavy atom. The molecule has 42 heavy (non-hydrogen) atoms. The lowest BCUT2D eigenvalue weighted by molar-refractivity contribution is -0.202. The van der Waals surface area contributed by atoms with Crippen molar-refractivity contribution in [2.45, 2.75) is 18.8 Å². The number of carbonyl (C=O) groups is 3. The van der Waals surface area contributed by atoms with Crippen molar-refractivity contribution in [3.8, 4) is 17.6 Å². The average Bonchev–Trinajstić information content (AvgIpc) is 3.60. The van der Waals surface area contributed by atoms with E-state index in [1.165, 1.54) is 42.2 Å². The molecule has 0 aliphatic carbocycles. The fourth-order valence-electron chi connectivity index (χ4n) is 3.99. The maximum atomic E-state index is 13.9. The van der Waals surface area contributed by atoms with Crippen LogP contribution in [0.15, 0.2) is 66.4 Å². The van der Waals surface area contributed by atoms with Crippen molar-refractivity contribution in [3.05, 3.63) is 94.4 Å². The standard InChI is InChI=1S/C27H17F3N6O5S/c28-27(29,30)25(40)41-36(26-33-10-11-42-26)24(39)22(21-19(37)2-1-9-32-21)35-14-17-7-5-15(12-18(17)23(35)38)3-4-16-6-8-20(31)34-13-16/h1-2,5-13,22,37H,14H2,(H2,31,34). The van der Waals surface area contributed by atoms with Crippen molar-refractivity contribution < 1.29 is 37.5 Å². The molecular weight excluding hydrogens is 577 g/mol. The number of nitrogen functional groups attached to an aromatic ring is 1. The van der Waals surface area contributed by atoms with Gasteiger partial charge in [0.15, 0.2) is 6.04 Å². The maximum absolute atomic E-state index is 13.9. The second-order valence-corrected chi connectivity index (χ2v) is 9.53. The quantitative estimate of drug-likeness (QED) is 0.268. The number of hydrogen-bond acceptors (Lipinski definition) is 10. The van der Waals surface area contributed by atoms with Crippen LogP contribution in [0.25, 0.3) is 0 Å². The van der Waals surface area contributed by atoms with Gasteiger partial charge in [0.1, 0.15) is 17.3 Å².